The lowest BCUT2D eigenvalue weighted by atomic mass is 9.72. The number of esters is 1. The number of carbonyl (C=O) groups is 2. The van der Waals surface area contributed by atoms with Gasteiger partial charge in [-0.05, 0) is 12.8 Å². The molecule has 118 valence electrons. The number of amides is 1. The molecule has 1 heterocycles. The highest BCUT2D eigenvalue weighted by atomic mass is 32.1. The molecule has 2 aliphatic rings. The summed E-state index contributed by atoms with van der Waals surface area (Å²) in [4.78, 5) is 26.4. The summed E-state index contributed by atoms with van der Waals surface area (Å²) in [5.74, 6) is -0.521. The number of carbonyl (C=O) groups excluding carboxylic acids is 2. The first kappa shape index (κ1) is 16.2. The van der Waals surface area contributed by atoms with Gasteiger partial charge in [-0.25, -0.2) is 4.79 Å². The third kappa shape index (κ3) is 3.18. The maximum Gasteiger partial charge on any atom is 0.336 e. The number of nitrogens with two attached hydrogens (primary N) is 1. The molecule has 1 aliphatic carbocycles. The molecule has 6 nitrogen and oxygen atoms in total. The van der Waals surface area contributed by atoms with Crippen LogP contribution in [0.2, 0.25) is 0 Å². The van der Waals surface area contributed by atoms with E-state index >= 15 is 0 Å². The number of morpholine rings is 1. The number of hydrogen-bond acceptors (Lipinski definition) is 5. The Morgan fingerprint density at radius 2 is 2.00 bits per heavy atom. The minimum Gasteiger partial charge on any atom is -0.467 e. The largest absolute Gasteiger partial charge is 0.467 e. The third-order valence-corrected chi connectivity index (χ3v) is 4.80. The van der Waals surface area contributed by atoms with Gasteiger partial charge in [0.1, 0.15) is 0 Å². The average Bonchev–Trinajstić information content (AvgIpc) is 2.54. The molecule has 2 fully saturated rings. The fraction of sp³-hybridized carbons (Fsp3) is 0.786. The molecule has 0 aromatic rings. The Kier molecular flexibility index (Phi) is 5.16. The number of rotatable bonds is 3. The van der Waals surface area contributed by atoms with E-state index in [9.17, 15) is 9.59 Å². The van der Waals surface area contributed by atoms with E-state index in [1.54, 1.807) is 4.90 Å². The van der Waals surface area contributed by atoms with Gasteiger partial charge in [0.05, 0.1) is 30.7 Å². The lowest BCUT2D eigenvalue weighted by molar-refractivity contribution is -0.164. The van der Waals surface area contributed by atoms with Crippen molar-refractivity contribution in [1.29, 1.82) is 0 Å². The zero-order chi connectivity index (χ0) is 15.5. The summed E-state index contributed by atoms with van der Waals surface area (Å²) >= 11 is 5.18. The number of hydrogen-bond donors (Lipinski definition) is 1. The summed E-state index contributed by atoms with van der Waals surface area (Å²) in [6, 6.07) is 0. The number of thiocarbonyl (C=S) groups is 1. The molecule has 0 radical (unpaired) electrons. The van der Waals surface area contributed by atoms with Crippen LogP contribution in [0, 0.1) is 5.41 Å². The van der Waals surface area contributed by atoms with Gasteiger partial charge in [-0.3, -0.25) is 4.79 Å². The normalized spacial score (nSPS) is 25.2. The van der Waals surface area contributed by atoms with Crippen LogP contribution in [0.25, 0.3) is 0 Å². The second kappa shape index (κ2) is 6.70. The molecule has 7 heteroatoms. The second-order valence-corrected chi connectivity index (χ2v) is 6.08. The Morgan fingerprint density at radius 1 is 1.33 bits per heavy atom. The van der Waals surface area contributed by atoms with Gasteiger partial charge < -0.3 is 20.1 Å². The van der Waals surface area contributed by atoms with E-state index in [0.29, 0.717) is 26.0 Å². The van der Waals surface area contributed by atoms with Gasteiger partial charge in [-0.15, -0.1) is 0 Å². The van der Waals surface area contributed by atoms with Crippen LogP contribution >= 0.6 is 12.2 Å². The first-order chi connectivity index (χ1) is 10.0. The first-order valence-corrected chi connectivity index (χ1v) is 7.71. The Balaban J connectivity index is 2.13. The lowest BCUT2D eigenvalue weighted by Crippen LogP contribution is -2.57. The van der Waals surface area contributed by atoms with E-state index in [2.05, 4.69) is 4.74 Å². The van der Waals surface area contributed by atoms with E-state index in [-0.39, 0.29) is 17.4 Å². The van der Waals surface area contributed by atoms with E-state index in [0.717, 1.165) is 19.3 Å². The lowest BCUT2D eigenvalue weighted by Gasteiger charge is -2.41. The molecule has 1 atom stereocenters. The molecule has 0 aromatic heterocycles. The highest BCUT2D eigenvalue weighted by Gasteiger charge is 2.46. The smallest absolute Gasteiger partial charge is 0.336 e. The standard InChI is InChI=1S/C14H22N2O4S/c1-19-11(17)10-9-16(7-8-20-10)13(18)14(12(15)21)5-3-2-4-6-14/h10H,2-9H2,1H3,(H2,15,21). The van der Waals surface area contributed by atoms with Crippen molar-refractivity contribution < 1.29 is 19.1 Å². The maximum absolute atomic E-state index is 12.9. The summed E-state index contributed by atoms with van der Waals surface area (Å²) in [7, 11) is 1.31. The molecule has 0 spiro atoms. The molecular weight excluding hydrogens is 292 g/mol. The second-order valence-electron chi connectivity index (χ2n) is 5.64. The zero-order valence-electron chi connectivity index (χ0n) is 12.3. The highest BCUT2D eigenvalue weighted by Crippen LogP contribution is 2.38. The van der Waals surface area contributed by atoms with Crippen LogP contribution in [0.15, 0.2) is 0 Å². The number of nitrogens with zero attached hydrogens (tertiary/aromatic N) is 1. The van der Waals surface area contributed by atoms with Gasteiger partial charge in [0, 0.05) is 6.54 Å². The predicted molar refractivity (Wildman–Crippen MR) is 80.6 cm³/mol. The van der Waals surface area contributed by atoms with Crippen LogP contribution in [-0.2, 0) is 19.1 Å². The van der Waals surface area contributed by atoms with Crippen molar-refractivity contribution in [2.24, 2.45) is 11.1 Å². The SMILES string of the molecule is COC(=O)C1CN(C(=O)C2(C(N)=S)CCCCC2)CCO1. The molecule has 1 aliphatic heterocycles. The Morgan fingerprint density at radius 3 is 2.57 bits per heavy atom. The highest BCUT2D eigenvalue weighted by molar-refractivity contribution is 7.80. The number of ether oxygens (including phenoxy) is 2. The van der Waals surface area contributed by atoms with Crippen LogP contribution in [0.4, 0.5) is 0 Å². The predicted octanol–water partition coefficient (Wildman–Crippen LogP) is 0.623. The summed E-state index contributed by atoms with van der Waals surface area (Å²) in [5.41, 5.74) is 5.15. The molecule has 1 saturated heterocycles. The molecule has 1 amide bonds. The fourth-order valence-electron chi connectivity index (χ4n) is 3.13. The number of methoxy groups -OCH3 is 1. The summed E-state index contributed by atoms with van der Waals surface area (Å²) < 4.78 is 10.0. The average molecular weight is 314 g/mol. The van der Waals surface area contributed by atoms with Crippen molar-refractivity contribution in [3.63, 3.8) is 0 Å². The van der Waals surface area contributed by atoms with Crippen LogP contribution in [0.5, 0.6) is 0 Å². The van der Waals surface area contributed by atoms with Crippen molar-refractivity contribution in [3.05, 3.63) is 0 Å². The van der Waals surface area contributed by atoms with Crippen LogP contribution in [0.3, 0.4) is 0 Å². The van der Waals surface area contributed by atoms with Gasteiger partial charge in [-0.1, -0.05) is 31.5 Å². The maximum atomic E-state index is 12.9. The van der Waals surface area contributed by atoms with E-state index in [4.69, 9.17) is 22.7 Å². The quantitative estimate of drug-likeness (QED) is 0.607. The van der Waals surface area contributed by atoms with Gasteiger partial charge in [-0.2, -0.15) is 0 Å². The fourth-order valence-corrected chi connectivity index (χ4v) is 3.42. The van der Waals surface area contributed by atoms with Crippen molar-refractivity contribution in [2.75, 3.05) is 26.8 Å². The Bertz CT molecular complexity index is 435. The van der Waals surface area contributed by atoms with Crippen LogP contribution in [-0.4, -0.2) is 54.7 Å². The minimum absolute atomic E-state index is 0.0631. The molecular formula is C14H22N2O4S. The molecule has 2 rings (SSSR count). The van der Waals surface area contributed by atoms with Gasteiger partial charge in [0.15, 0.2) is 6.10 Å². The van der Waals surface area contributed by atoms with Gasteiger partial charge in [0.2, 0.25) is 5.91 Å². The first-order valence-electron chi connectivity index (χ1n) is 7.30. The van der Waals surface area contributed by atoms with Gasteiger partial charge in [0.25, 0.3) is 0 Å². The van der Waals surface area contributed by atoms with E-state index < -0.39 is 17.5 Å². The van der Waals surface area contributed by atoms with Crippen LogP contribution in [0.1, 0.15) is 32.1 Å². The van der Waals surface area contributed by atoms with Crippen molar-refractivity contribution >= 4 is 29.1 Å². The Labute approximate surface area is 129 Å². The van der Waals surface area contributed by atoms with Crippen LogP contribution < -0.4 is 5.73 Å². The molecule has 0 aromatic carbocycles. The van der Waals surface area contributed by atoms with Crippen molar-refractivity contribution in [3.8, 4) is 0 Å². The third-order valence-electron chi connectivity index (χ3n) is 4.41. The van der Waals surface area contributed by atoms with E-state index in [1.807, 2.05) is 0 Å². The van der Waals surface area contributed by atoms with Crippen molar-refractivity contribution in [1.82, 2.24) is 4.90 Å². The topological polar surface area (TPSA) is 81.9 Å². The summed E-state index contributed by atoms with van der Waals surface area (Å²) in [6.45, 7) is 0.978. The van der Waals surface area contributed by atoms with Gasteiger partial charge >= 0.3 is 5.97 Å². The minimum atomic E-state index is -0.744. The Hall–Kier alpha value is -1.21. The van der Waals surface area contributed by atoms with Crippen molar-refractivity contribution in [2.45, 2.75) is 38.2 Å². The monoisotopic (exact) mass is 314 g/mol. The molecule has 2 N–H and O–H groups in total. The molecule has 1 unspecified atom stereocenters. The summed E-state index contributed by atoms with van der Waals surface area (Å²) in [5, 5.41) is 0. The molecule has 0 bridgehead atoms. The van der Waals surface area contributed by atoms with E-state index in [1.165, 1.54) is 7.11 Å². The zero-order valence-corrected chi connectivity index (χ0v) is 13.1. The molecule has 21 heavy (non-hydrogen) atoms. The summed E-state index contributed by atoms with van der Waals surface area (Å²) in [6.07, 6.45) is 3.68. The molecule has 1 saturated carbocycles.